The third kappa shape index (κ3) is 3.88. The van der Waals surface area contributed by atoms with Crippen molar-refractivity contribution in [2.24, 2.45) is 5.10 Å². The molecular weight excluding hydrogens is 340 g/mol. The predicted octanol–water partition coefficient (Wildman–Crippen LogP) is 3.96. The van der Waals surface area contributed by atoms with E-state index in [9.17, 15) is 9.59 Å². The summed E-state index contributed by atoms with van der Waals surface area (Å²) in [5.74, 6) is -0.00415. The first kappa shape index (κ1) is 17.2. The smallest absolute Gasteiger partial charge is 0.308 e. The van der Waals surface area contributed by atoms with Gasteiger partial charge in [0.25, 0.3) is 0 Å². The summed E-state index contributed by atoms with van der Waals surface area (Å²) in [6.07, 6.45) is 0.605. The molecule has 128 valence electrons. The molecule has 5 nitrogen and oxygen atoms in total. The second-order valence-electron chi connectivity index (χ2n) is 5.80. The fourth-order valence-corrected chi connectivity index (χ4v) is 2.93. The van der Waals surface area contributed by atoms with Crippen LogP contribution in [-0.2, 0) is 9.59 Å². The van der Waals surface area contributed by atoms with E-state index >= 15 is 0 Å². The largest absolute Gasteiger partial charge is 0.427 e. The van der Waals surface area contributed by atoms with Crippen molar-refractivity contribution in [3.8, 4) is 5.75 Å². The monoisotopic (exact) mass is 356 g/mol. The number of carbonyl (C=O) groups is 2. The van der Waals surface area contributed by atoms with E-state index in [2.05, 4.69) is 5.10 Å². The maximum Gasteiger partial charge on any atom is 0.308 e. The van der Waals surface area contributed by atoms with E-state index in [1.165, 1.54) is 18.9 Å². The molecule has 6 heteroatoms. The molecule has 1 amide bonds. The van der Waals surface area contributed by atoms with Gasteiger partial charge < -0.3 is 4.74 Å². The Balaban J connectivity index is 1.85. The molecule has 0 radical (unpaired) electrons. The van der Waals surface area contributed by atoms with Crippen LogP contribution in [-0.4, -0.2) is 22.6 Å². The summed E-state index contributed by atoms with van der Waals surface area (Å²) in [6.45, 7) is 2.86. The lowest BCUT2D eigenvalue weighted by Gasteiger charge is -2.20. The van der Waals surface area contributed by atoms with Gasteiger partial charge in [0.05, 0.1) is 11.8 Å². The zero-order valence-corrected chi connectivity index (χ0v) is 14.7. The van der Waals surface area contributed by atoms with E-state index in [1.54, 1.807) is 24.3 Å². The summed E-state index contributed by atoms with van der Waals surface area (Å²) in [6, 6.07) is 14.4. The fourth-order valence-electron chi connectivity index (χ4n) is 2.80. The molecule has 0 N–H and O–H groups in total. The molecule has 1 heterocycles. The maximum atomic E-state index is 12.0. The summed E-state index contributed by atoms with van der Waals surface area (Å²) in [5.41, 5.74) is 2.68. The molecule has 0 saturated carbocycles. The van der Waals surface area contributed by atoms with E-state index in [-0.39, 0.29) is 17.9 Å². The van der Waals surface area contributed by atoms with Crippen molar-refractivity contribution in [3.63, 3.8) is 0 Å². The molecule has 0 saturated heterocycles. The molecule has 0 fully saturated rings. The zero-order valence-electron chi connectivity index (χ0n) is 13.9. The highest BCUT2D eigenvalue weighted by Crippen LogP contribution is 2.33. The van der Waals surface area contributed by atoms with Gasteiger partial charge in [-0.25, -0.2) is 5.01 Å². The number of nitrogens with zero attached hydrogens (tertiary/aromatic N) is 2. The number of hydrazone groups is 1. The molecule has 3 rings (SSSR count). The van der Waals surface area contributed by atoms with Crippen molar-refractivity contribution in [3.05, 3.63) is 64.7 Å². The normalized spacial score (nSPS) is 16.5. The Morgan fingerprint density at radius 2 is 1.72 bits per heavy atom. The number of rotatable bonds is 3. The molecule has 2 aromatic carbocycles. The minimum Gasteiger partial charge on any atom is -0.427 e. The highest BCUT2D eigenvalue weighted by Gasteiger charge is 2.31. The number of hydrogen-bond acceptors (Lipinski definition) is 4. The highest BCUT2D eigenvalue weighted by atomic mass is 35.5. The number of esters is 1. The first-order chi connectivity index (χ1) is 11.9. The van der Waals surface area contributed by atoms with Crippen LogP contribution in [0.25, 0.3) is 0 Å². The first-order valence-corrected chi connectivity index (χ1v) is 8.23. The van der Waals surface area contributed by atoms with E-state index in [1.807, 2.05) is 24.3 Å². The zero-order chi connectivity index (χ0) is 18.0. The van der Waals surface area contributed by atoms with Crippen LogP contribution in [0.1, 0.15) is 37.4 Å². The SMILES string of the molecule is CC(=O)Oc1ccc(C2=NN(C(C)=O)C(c3ccc(Cl)cc3)C2)cc1. The molecule has 1 aliphatic rings. The van der Waals surface area contributed by atoms with Gasteiger partial charge in [-0.2, -0.15) is 5.10 Å². The van der Waals surface area contributed by atoms with Crippen molar-refractivity contribution >= 4 is 29.2 Å². The summed E-state index contributed by atoms with van der Waals surface area (Å²) in [4.78, 5) is 23.0. The van der Waals surface area contributed by atoms with Crippen molar-refractivity contribution in [1.82, 2.24) is 5.01 Å². The molecule has 0 spiro atoms. The van der Waals surface area contributed by atoms with Gasteiger partial charge in [-0.15, -0.1) is 0 Å². The van der Waals surface area contributed by atoms with Gasteiger partial charge in [-0.3, -0.25) is 9.59 Å². The van der Waals surface area contributed by atoms with Gasteiger partial charge >= 0.3 is 5.97 Å². The average Bonchev–Trinajstić information content (AvgIpc) is 3.01. The van der Waals surface area contributed by atoms with E-state index in [0.29, 0.717) is 17.2 Å². The standard InChI is InChI=1S/C19H17ClN2O3/c1-12(23)22-19(15-3-7-16(20)8-4-15)11-18(21-22)14-5-9-17(10-6-14)25-13(2)24/h3-10,19H,11H2,1-2H3. The summed E-state index contributed by atoms with van der Waals surface area (Å²) < 4.78 is 5.04. The Morgan fingerprint density at radius 1 is 1.08 bits per heavy atom. The van der Waals surface area contributed by atoms with E-state index in [4.69, 9.17) is 16.3 Å². The van der Waals surface area contributed by atoms with Crippen LogP contribution >= 0.6 is 11.6 Å². The molecule has 1 unspecified atom stereocenters. The highest BCUT2D eigenvalue weighted by molar-refractivity contribution is 6.30. The number of amides is 1. The van der Waals surface area contributed by atoms with Crippen LogP contribution in [0, 0.1) is 0 Å². The van der Waals surface area contributed by atoms with Gasteiger partial charge in [0.1, 0.15) is 5.75 Å². The summed E-state index contributed by atoms with van der Waals surface area (Å²) >= 11 is 5.95. The molecule has 0 bridgehead atoms. The molecule has 1 aliphatic heterocycles. The Kier molecular flexibility index (Phi) is 4.86. The summed E-state index contributed by atoms with van der Waals surface area (Å²) in [7, 11) is 0. The minimum atomic E-state index is -0.364. The second-order valence-corrected chi connectivity index (χ2v) is 6.24. The number of carbonyl (C=O) groups excluding carboxylic acids is 2. The molecule has 0 aromatic heterocycles. The quantitative estimate of drug-likeness (QED) is 0.617. The topological polar surface area (TPSA) is 59.0 Å². The predicted molar refractivity (Wildman–Crippen MR) is 95.6 cm³/mol. The number of benzene rings is 2. The summed E-state index contributed by atoms with van der Waals surface area (Å²) in [5, 5.41) is 6.64. The van der Waals surface area contributed by atoms with Crippen LogP contribution in [0.3, 0.4) is 0 Å². The van der Waals surface area contributed by atoms with Gasteiger partial charge in [0, 0.05) is 25.3 Å². The molecule has 1 atom stereocenters. The number of halogens is 1. The Labute approximate surface area is 150 Å². The van der Waals surface area contributed by atoms with Crippen LogP contribution in [0.15, 0.2) is 53.6 Å². The average molecular weight is 357 g/mol. The Morgan fingerprint density at radius 3 is 2.28 bits per heavy atom. The lowest BCUT2D eigenvalue weighted by Crippen LogP contribution is -2.24. The third-order valence-electron chi connectivity index (χ3n) is 3.94. The Bertz CT molecular complexity index is 829. The van der Waals surface area contributed by atoms with Crippen molar-refractivity contribution in [2.75, 3.05) is 0 Å². The molecule has 2 aromatic rings. The van der Waals surface area contributed by atoms with Gasteiger partial charge in [0.15, 0.2) is 0 Å². The lowest BCUT2D eigenvalue weighted by molar-refractivity contribution is -0.132. The second kappa shape index (κ2) is 7.07. The Hall–Kier alpha value is -2.66. The van der Waals surface area contributed by atoms with Crippen LogP contribution in [0.4, 0.5) is 0 Å². The van der Waals surface area contributed by atoms with E-state index in [0.717, 1.165) is 16.8 Å². The van der Waals surface area contributed by atoms with Crippen molar-refractivity contribution < 1.29 is 14.3 Å². The third-order valence-corrected chi connectivity index (χ3v) is 4.19. The van der Waals surface area contributed by atoms with Gasteiger partial charge in [0.2, 0.25) is 5.91 Å². The number of ether oxygens (including phenoxy) is 1. The van der Waals surface area contributed by atoms with Crippen LogP contribution < -0.4 is 4.74 Å². The maximum absolute atomic E-state index is 12.0. The van der Waals surface area contributed by atoms with Crippen molar-refractivity contribution in [2.45, 2.75) is 26.3 Å². The van der Waals surface area contributed by atoms with E-state index < -0.39 is 0 Å². The fraction of sp³-hybridized carbons (Fsp3) is 0.211. The molecule has 0 aliphatic carbocycles. The van der Waals surface area contributed by atoms with Crippen LogP contribution in [0.5, 0.6) is 5.75 Å². The molecule has 25 heavy (non-hydrogen) atoms. The van der Waals surface area contributed by atoms with Gasteiger partial charge in [-0.05, 0) is 47.5 Å². The van der Waals surface area contributed by atoms with Gasteiger partial charge in [-0.1, -0.05) is 23.7 Å². The minimum absolute atomic E-state index is 0.119. The molecular formula is C19H17ClN2O3. The van der Waals surface area contributed by atoms with Crippen molar-refractivity contribution in [1.29, 1.82) is 0 Å². The van der Waals surface area contributed by atoms with Crippen LogP contribution in [0.2, 0.25) is 5.02 Å². The number of hydrogen-bond donors (Lipinski definition) is 0. The first-order valence-electron chi connectivity index (χ1n) is 7.85. The lowest BCUT2D eigenvalue weighted by atomic mass is 9.98.